The number of halogens is 4. The zero-order valence-corrected chi connectivity index (χ0v) is 17.3. The molecule has 0 radical (unpaired) electrons. The minimum absolute atomic E-state index is 0.0635. The highest BCUT2D eigenvalue weighted by molar-refractivity contribution is 6.09. The highest BCUT2D eigenvalue weighted by Gasteiger charge is 2.36. The molecule has 0 fully saturated rings. The van der Waals surface area contributed by atoms with E-state index in [0.29, 0.717) is 33.0 Å². The maximum Gasteiger partial charge on any atom is 0.418 e. The van der Waals surface area contributed by atoms with Gasteiger partial charge in [-0.3, -0.25) is 4.57 Å². The first-order valence-electron chi connectivity index (χ1n) is 11.8. The van der Waals surface area contributed by atoms with Crippen molar-refractivity contribution in [2.24, 2.45) is 0 Å². The lowest BCUT2D eigenvalue weighted by Crippen LogP contribution is -2.13. The van der Waals surface area contributed by atoms with Gasteiger partial charge in [-0.1, -0.05) is 36.4 Å². The third kappa shape index (κ3) is 3.00. The van der Waals surface area contributed by atoms with Gasteiger partial charge in [-0.15, -0.1) is 0 Å². The number of para-hydroxylation sites is 4. The van der Waals surface area contributed by atoms with Gasteiger partial charge in [-0.25, -0.2) is 9.37 Å². The van der Waals surface area contributed by atoms with E-state index < -0.39 is 35.7 Å². The van der Waals surface area contributed by atoms with Gasteiger partial charge >= 0.3 is 6.18 Å². The van der Waals surface area contributed by atoms with E-state index >= 15 is 0 Å². The summed E-state index contributed by atoms with van der Waals surface area (Å²) in [6.07, 6.45) is -4.85. The van der Waals surface area contributed by atoms with Crippen LogP contribution in [0.5, 0.6) is 0 Å². The van der Waals surface area contributed by atoms with Crippen LogP contribution >= 0.6 is 0 Å². The predicted molar refractivity (Wildman–Crippen MR) is 123 cm³/mol. The summed E-state index contributed by atoms with van der Waals surface area (Å²) in [7, 11) is 0. The molecule has 2 aromatic heterocycles. The Morgan fingerprint density at radius 2 is 1.74 bits per heavy atom. The monoisotopic (exact) mass is 463 g/mol. The molecular weight excluding hydrogens is 444 g/mol. The summed E-state index contributed by atoms with van der Waals surface area (Å²) < 4.78 is 88.0. The van der Waals surface area contributed by atoms with Crippen LogP contribution in [0.1, 0.15) is 15.2 Å². The number of imidazole rings is 1. The van der Waals surface area contributed by atoms with Crippen LogP contribution in [0.25, 0.3) is 50.0 Å². The van der Waals surface area contributed by atoms with Crippen LogP contribution < -0.4 is 0 Å². The van der Waals surface area contributed by atoms with E-state index in [-0.39, 0.29) is 11.4 Å². The van der Waals surface area contributed by atoms with E-state index in [1.807, 2.05) is 0 Å². The van der Waals surface area contributed by atoms with Crippen molar-refractivity contribution >= 4 is 33.0 Å². The number of furan rings is 1. The van der Waals surface area contributed by atoms with Crippen molar-refractivity contribution < 1.29 is 26.1 Å². The lowest BCUT2D eigenvalue weighted by atomic mass is 10.1. The fourth-order valence-electron chi connectivity index (χ4n) is 4.39. The van der Waals surface area contributed by atoms with Gasteiger partial charge in [0, 0.05) is 21.0 Å². The molecule has 7 heteroatoms. The molecule has 168 valence electrons. The van der Waals surface area contributed by atoms with Crippen LogP contribution in [-0.2, 0) is 6.18 Å². The van der Waals surface area contributed by atoms with Crippen molar-refractivity contribution in [2.75, 3.05) is 0 Å². The molecule has 3 nitrogen and oxygen atoms in total. The number of aromatic nitrogens is 2. The Hall–Kier alpha value is -4.13. The van der Waals surface area contributed by atoms with Gasteiger partial charge in [-0.05, 0) is 48.8 Å². The maximum atomic E-state index is 14.3. The van der Waals surface area contributed by atoms with Crippen LogP contribution in [0, 0.1) is 12.7 Å². The normalized spacial score (nSPS) is 13.9. The summed E-state index contributed by atoms with van der Waals surface area (Å²) in [5, 5.41) is 1.24. The molecular formula is C27H16F4N2O. The summed E-state index contributed by atoms with van der Waals surface area (Å²) in [6.45, 7) is -2.85. The van der Waals surface area contributed by atoms with E-state index in [4.69, 9.17) is 8.53 Å². The molecule has 0 bridgehead atoms. The first-order valence-corrected chi connectivity index (χ1v) is 10.3. The molecule has 2 heterocycles. The first kappa shape index (κ1) is 17.4. The summed E-state index contributed by atoms with van der Waals surface area (Å²) in [4.78, 5) is 4.62. The Bertz CT molecular complexity index is 1800. The van der Waals surface area contributed by atoms with Gasteiger partial charge in [0.1, 0.15) is 22.8 Å². The second kappa shape index (κ2) is 7.18. The lowest BCUT2D eigenvalue weighted by molar-refractivity contribution is -0.137. The van der Waals surface area contributed by atoms with Crippen LogP contribution in [0.4, 0.5) is 17.6 Å². The molecule has 0 atom stereocenters. The summed E-state index contributed by atoms with van der Waals surface area (Å²) in [6, 6.07) is 18.8. The number of alkyl halides is 3. The van der Waals surface area contributed by atoms with Crippen LogP contribution in [-0.4, -0.2) is 9.55 Å². The predicted octanol–water partition coefficient (Wildman–Crippen LogP) is 8.06. The molecule has 4 aromatic carbocycles. The summed E-state index contributed by atoms with van der Waals surface area (Å²) >= 11 is 0. The second-order valence-electron chi connectivity index (χ2n) is 7.88. The number of hydrogen-bond donors (Lipinski definition) is 0. The van der Waals surface area contributed by atoms with Crippen molar-refractivity contribution in [1.82, 2.24) is 9.55 Å². The average molecular weight is 463 g/mol. The minimum atomic E-state index is -4.85. The third-order valence-electron chi connectivity index (χ3n) is 5.83. The molecule has 0 spiro atoms. The SMILES string of the molecule is [2H]C([2H])([2H])c1cccc(C(F)(F)F)c1-n1c(-c2cccc3c2oc2cc(F)ccc23)nc2ccccc21. The van der Waals surface area contributed by atoms with E-state index in [0.717, 1.165) is 12.1 Å². The van der Waals surface area contributed by atoms with Gasteiger partial charge in [0.25, 0.3) is 0 Å². The van der Waals surface area contributed by atoms with Gasteiger partial charge in [0.2, 0.25) is 0 Å². The Labute approximate surface area is 195 Å². The van der Waals surface area contributed by atoms with Crippen LogP contribution in [0.15, 0.2) is 83.3 Å². The maximum absolute atomic E-state index is 14.3. The van der Waals surface area contributed by atoms with Gasteiger partial charge in [0.15, 0.2) is 0 Å². The van der Waals surface area contributed by atoms with Crippen LogP contribution in [0.3, 0.4) is 0 Å². The molecule has 0 saturated carbocycles. The number of benzene rings is 4. The second-order valence-corrected chi connectivity index (χ2v) is 7.88. The Morgan fingerprint density at radius 3 is 2.56 bits per heavy atom. The van der Waals surface area contributed by atoms with Gasteiger partial charge in [0.05, 0.1) is 27.8 Å². The molecule has 34 heavy (non-hydrogen) atoms. The Morgan fingerprint density at radius 1 is 0.912 bits per heavy atom. The molecule has 0 amide bonds. The number of fused-ring (bicyclic) bond motifs is 4. The van der Waals surface area contributed by atoms with Crippen LogP contribution in [0.2, 0.25) is 0 Å². The van der Waals surface area contributed by atoms with Crippen molar-refractivity contribution in [3.8, 4) is 17.1 Å². The standard InChI is InChI=1S/C27H16F4N2O/c1-15-6-4-9-20(27(29,30)31)24(15)33-22-11-3-2-10-21(22)32-26(33)19-8-5-7-18-17-13-12-16(28)14-23(17)34-25(18)19/h2-14H,1H3/i1D3. The number of hydrogen-bond acceptors (Lipinski definition) is 2. The Kier molecular flexibility index (Phi) is 3.67. The lowest BCUT2D eigenvalue weighted by Gasteiger charge is -2.19. The largest absolute Gasteiger partial charge is 0.455 e. The fraction of sp³-hybridized carbons (Fsp3) is 0.0741. The smallest absolute Gasteiger partial charge is 0.418 e. The highest BCUT2D eigenvalue weighted by atomic mass is 19.4. The van der Waals surface area contributed by atoms with Crippen molar-refractivity contribution in [1.29, 1.82) is 0 Å². The summed E-state index contributed by atoms with van der Waals surface area (Å²) in [5.74, 6) is -0.435. The molecule has 0 aliphatic heterocycles. The van der Waals surface area contributed by atoms with Gasteiger partial charge < -0.3 is 4.42 Å². The van der Waals surface area contributed by atoms with E-state index in [9.17, 15) is 17.6 Å². The average Bonchev–Trinajstić information content (AvgIpc) is 3.40. The Balaban J connectivity index is 1.78. The molecule has 0 saturated heterocycles. The third-order valence-corrected chi connectivity index (χ3v) is 5.83. The number of aryl methyl sites for hydroxylation is 1. The molecule has 6 rings (SSSR count). The van der Waals surface area contributed by atoms with E-state index in [1.165, 1.54) is 22.8 Å². The van der Waals surface area contributed by atoms with Crippen molar-refractivity contribution in [3.05, 3.63) is 95.8 Å². The topological polar surface area (TPSA) is 31.0 Å². The number of nitrogens with zero attached hydrogens (tertiary/aromatic N) is 2. The van der Waals surface area contributed by atoms with E-state index in [1.54, 1.807) is 48.5 Å². The summed E-state index contributed by atoms with van der Waals surface area (Å²) in [5.41, 5.74) is -0.556. The molecule has 0 N–H and O–H groups in total. The van der Waals surface area contributed by atoms with Crippen molar-refractivity contribution in [3.63, 3.8) is 0 Å². The molecule has 0 unspecified atom stereocenters. The molecule has 0 aliphatic carbocycles. The molecule has 6 aromatic rings. The molecule has 0 aliphatic rings. The first-order chi connectivity index (χ1) is 17.5. The van der Waals surface area contributed by atoms with Crippen molar-refractivity contribution in [2.45, 2.75) is 13.0 Å². The van der Waals surface area contributed by atoms with E-state index in [2.05, 4.69) is 4.98 Å². The quantitative estimate of drug-likeness (QED) is 0.243. The zero-order valence-electron chi connectivity index (χ0n) is 20.3. The zero-order chi connectivity index (χ0) is 26.1. The highest BCUT2D eigenvalue weighted by Crippen LogP contribution is 2.41. The fourth-order valence-corrected chi connectivity index (χ4v) is 4.39. The number of rotatable bonds is 2. The minimum Gasteiger partial charge on any atom is -0.455 e. The van der Waals surface area contributed by atoms with Gasteiger partial charge in [-0.2, -0.15) is 13.2 Å².